The number of nitrogens with one attached hydrogen (secondary N) is 2. The number of rotatable bonds is 10. The van der Waals surface area contributed by atoms with E-state index in [1.807, 2.05) is 58.9 Å². The van der Waals surface area contributed by atoms with Crippen LogP contribution >= 0.6 is 0 Å². The monoisotopic (exact) mass is 515 g/mol. The van der Waals surface area contributed by atoms with Gasteiger partial charge < -0.3 is 20.3 Å². The second kappa shape index (κ2) is 13.8. The van der Waals surface area contributed by atoms with E-state index in [9.17, 15) is 14.4 Å². The predicted octanol–water partition coefficient (Wildman–Crippen LogP) is 6.05. The lowest BCUT2D eigenvalue weighted by Gasteiger charge is -2.40. The van der Waals surface area contributed by atoms with Crippen molar-refractivity contribution in [2.24, 2.45) is 5.92 Å². The Morgan fingerprint density at radius 2 is 1.59 bits per heavy atom. The fraction of sp³-hybridized carbons (Fsp3) is 0.700. The van der Waals surface area contributed by atoms with Gasteiger partial charge in [-0.15, -0.1) is 0 Å². The molecule has 1 aliphatic rings. The van der Waals surface area contributed by atoms with E-state index in [4.69, 9.17) is 4.74 Å². The highest BCUT2D eigenvalue weighted by molar-refractivity contribution is 5.92. The highest BCUT2D eigenvalue weighted by atomic mass is 16.6. The van der Waals surface area contributed by atoms with Gasteiger partial charge >= 0.3 is 6.09 Å². The molecule has 1 aromatic carbocycles. The molecule has 0 spiro atoms. The summed E-state index contributed by atoms with van der Waals surface area (Å²) >= 11 is 0. The second-order valence-corrected chi connectivity index (χ2v) is 11.7. The molecule has 0 saturated heterocycles. The van der Waals surface area contributed by atoms with Gasteiger partial charge in [0.1, 0.15) is 17.7 Å². The standard InChI is InChI=1S/C30H49N3O4/c1-9-21(4)25(32-29(36)37-30(6,7)8)28(35)33(22(5)10-2)26(23-18-16-20(3)17-19-23)27(34)31-24-14-12-11-13-15-24/h16-19,21-22,24-26H,9-15H2,1-8H3,(H,31,34)(H,32,36). The number of ether oxygens (including phenoxy) is 1. The van der Waals surface area contributed by atoms with Crippen LogP contribution in [0, 0.1) is 12.8 Å². The fourth-order valence-electron chi connectivity index (χ4n) is 4.79. The molecule has 37 heavy (non-hydrogen) atoms. The zero-order chi connectivity index (χ0) is 27.8. The predicted molar refractivity (Wildman–Crippen MR) is 148 cm³/mol. The molecule has 7 heteroatoms. The minimum Gasteiger partial charge on any atom is -0.444 e. The van der Waals surface area contributed by atoms with Crippen LogP contribution in [0.2, 0.25) is 0 Å². The van der Waals surface area contributed by atoms with Crippen molar-refractivity contribution in [3.05, 3.63) is 35.4 Å². The van der Waals surface area contributed by atoms with Crippen molar-refractivity contribution in [2.75, 3.05) is 0 Å². The van der Waals surface area contributed by atoms with Gasteiger partial charge in [0.25, 0.3) is 0 Å². The first-order valence-electron chi connectivity index (χ1n) is 14.1. The first kappa shape index (κ1) is 30.7. The number of carbonyl (C=O) groups excluding carboxylic acids is 3. The number of amides is 3. The van der Waals surface area contributed by atoms with Gasteiger partial charge in [-0.25, -0.2) is 4.79 Å². The maximum Gasteiger partial charge on any atom is 0.408 e. The van der Waals surface area contributed by atoms with Gasteiger partial charge in [0.2, 0.25) is 11.8 Å². The van der Waals surface area contributed by atoms with Crippen LogP contribution in [-0.2, 0) is 14.3 Å². The molecule has 0 bridgehead atoms. The van der Waals surface area contributed by atoms with Crippen molar-refractivity contribution in [1.82, 2.24) is 15.5 Å². The molecular weight excluding hydrogens is 466 g/mol. The van der Waals surface area contributed by atoms with Crippen molar-refractivity contribution in [2.45, 2.75) is 130 Å². The third-order valence-corrected chi connectivity index (χ3v) is 7.34. The molecule has 2 N–H and O–H groups in total. The molecule has 1 fully saturated rings. The minimum atomic E-state index is -0.815. The molecular formula is C30H49N3O4. The molecule has 7 nitrogen and oxygen atoms in total. The Kier molecular flexibility index (Phi) is 11.5. The van der Waals surface area contributed by atoms with Gasteiger partial charge in [0.15, 0.2) is 0 Å². The average molecular weight is 516 g/mol. The summed E-state index contributed by atoms with van der Waals surface area (Å²) in [4.78, 5) is 42.7. The molecule has 0 radical (unpaired) electrons. The van der Waals surface area contributed by atoms with E-state index < -0.39 is 23.8 Å². The van der Waals surface area contributed by atoms with Crippen LogP contribution in [0.15, 0.2) is 24.3 Å². The summed E-state index contributed by atoms with van der Waals surface area (Å²) < 4.78 is 5.49. The van der Waals surface area contributed by atoms with E-state index in [0.717, 1.165) is 36.8 Å². The van der Waals surface area contributed by atoms with Crippen molar-refractivity contribution in [1.29, 1.82) is 0 Å². The molecule has 0 aliphatic heterocycles. The first-order valence-corrected chi connectivity index (χ1v) is 14.1. The number of hydrogen-bond acceptors (Lipinski definition) is 4. The zero-order valence-electron chi connectivity index (χ0n) is 24.2. The average Bonchev–Trinajstić information content (AvgIpc) is 2.84. The van der Waals surface area contributed by atoms with Gasteiger partial charge in [-0.05, 0) is 65.4 Å². The van der Waals surface area contributed by atoms with Gasteiger partial charge in [0.05, 0.1) is 0 Å². The number of nitrogens with zero attached hydrogens (tertiary/aromatic N) is 1. The van der Waals surface area contributed by atoms with Crippen LogP contribution in [0.5, 0.6) is 0 Å². The number of hydrogen-bond donors (Lipinski definition) is 2. The molecule has 0 heterocycles. The maximum absolute atomic E-state index is 14.3. The summed E-state index contributed by atoms with van der Waals surface area (Å²) in [5, 5.41) is 6.09. The minimum absolute atomic E-state index is 0.119. The summed E-state index contributed by atoms with van der Waals surface area (Å²) in [5.74, 6) is -0.574. The van der Waals surface area contributed by atoms with Crippen molar-refractivity contribution >= 4 is 17.9 Å². The third kappa shape index (κ3) is 9.04. The second-order valence-electron chi connectivity index (χ2n) is 11.7. The maximum atomic E-state index is 14.3. The van der Waals surface area contributed by atoms with Crippen LogP contribution in [0.4, 0.5) is 4.79 Å². The highest BCUT2D eigenvalue weighted by Gasteiger charge is 2.40. The SMILES string of the molecule is CCC(C)C(NC(=O)OC(C)(C)C)C(=O)N(C(C)CC)C(C(=O)NC1CCCCC1)c1ccc(C)cc1. The van der Waals surface area contributed by atoms with E-state index in [0.29, 0.717) is 12.8 Å². The molecule has 0 aromatic heterocycles. The third-order valence-electron chi connectivity index (χ3n) is 7.34. The Balaban J connectivity index is 2.49. The number of benzene rings is 1. The van der Waals surface area contributed by atoms with Gasteiger partial charge in [0, 0.05) is 12.1 Å². The molecule has 1 saturated carbocycles. The Hall–Kier alpha value is -2.57. The topological polar surface area (TPSA) is 87.7 Å². The van der Waals surface area contributed by atoms with E-state index in [2.05, 4.69) is 10.6 Å². The largest absolute Gasteiger partial charge is 0.444 e. The molecule has 2 rings (SSSR count). The Morgan fingerprint density at radius 1 is 1.00 bits per heavy atom. The molecule has 1 aromatic rings. The molecule has 3 amide bonds. The number of alkyl carbamates (subject to hydrolysis) is 1. The van der Waals surface area contributed by atoms with Crippen LogP contribution in [0.25, 0.3) is 0 Å². The molecule has 4 atom stereocenters. The van der Waals surface area contributed by atoms with E-state index in [1.165, 1.54) is 6.42 Å². The molecule has 4 unspecified atom stereocenters. The van der Waals surface area contributed by atoms with Crippen LogP contribution in [0.1, 0.15) is 111 Å². The van der Waals surface area contributed by atoms with Gasteiger partial charge in [-0.2, -0.15) is 0 Å². The number of aryl methyl sites for hydroxylation is 1. The van der Waals surface area contributed by atoms with E-state index >= 15 is 0 Å². The van der Waals surface area contributed by atoms with E-state index in [1.54, 1.807) is 25.7 Å². The quantitative estimate of drug-likeness (QED) is 0.397. The van der Waals surface area contributed by atoms with Crippen LogP contribution in [-0.4, -0.2) is 46.5 Å². The first-order chi connectivity index (χ1) is 17.4. The number of carbonyl (C=O) groups is 3. The lowest BCUT2D eigenvalue weighted by atomic mass is 9.92. The fourth-order valence-corrected chi connectivity index (χ4v) is 4.79. The zero-order valence-corrected chi connectivity index (χ0v) is 24.2. The normalized spacial score (nSPS) is 17.7. The van der Waals surface area contributed by atoms with Crippen molar-refractivity contribution in [3.8, 4) is 0 Å². The van der Waals surface area contributed by atoms with Crippen LogP contribution < -0.4 is 10.6 Å². The van der Waals surface area contributed by atoms with Crippen molar-refractivity contribution < 1.29 is 19.1 Å². The summed E-state index contributed by atoms with van der Waals surface area (Å²) in [5.41, 5.74) is 1.17. The lowest BCUT2D eigenvalue weighted by Crippen LogP contribution is -2.57. The highest BCUT2D eigenvalue weighted by Crippen LogP contribution is 2.29. The molecule has 1 aliphatic carbocycles. The summed E-state index contributed by atoms with van der Waals surface area (Å²) in [7, 11) is 0. The van der Waals surface area contributed by atoms with Crippen LogP contribution in [0.3, 0.4) is 0 Å². The Labute approximate surface area is 224 Å². The Bertz CT molecular complexity index is 887. The Morgan fingerprint density at radius 3 is 2.11 bits per heavy atom. The van der Waals surface area contributed by atoms with E-state index in [-0.39, 0.29) is 29.8 Å². The summed E-state index contributed by atoms with van der Waals surface area (Å²) in [6.45, 7) is 15.3. The smallest absolute Gasteiger partial charge is 0.408 e. The van der Waals surface area contributed by atoms with Gasteiger partial charge in [-0.1, -0.05) is 76.3 Å². The summed E-state index contributed by atoms with van der Waals surface area (Å²) in [6, 6.07) is 6.10. The summed E-state index contributed by atoms with van der Waals surface area (Å²) in [6.07, 6.45) is 6.04. The van der Waals surface area contributed by atoms with Gasteiger partial charge in [-0.3, -0.25) is 9.59 Å². The van der Waals surface area contributed by atoms with Crippen molar-refractivity contribution in [3.63, 3.8) is 0 Å². The lowest BCUT2D eigenvalue weighted by molar-refractivity contribution is -0.146. The molecule has 208 valence electrons.